The number of anilines is 1. The van der Waals surface area contributed by atoms with Crippen LogP contribution in [0.25, 0.3) is 11.0 Å². The van der Waals surface area contributed by atoms with Crippen LogP contribution in [0.4, 0.5) is 5.69 Å². The van der Waals surface area contributed by atoms with E-state index in [0.717, 1.165) is 17.5 Å². The number of aromatic nitrogens is 3. The molecule has 204 valence electrons. The summed E-state index contributed by atoms with van der Waals surface area (Å²) in [6.45, 7) is 6.47. The molecular formula is C30H35N5O4. The topological polar surface area (TPSA) is 98.6 Å². The third kappa shape index (κ3) is 6.03. The normalized spacial score (nSPS) is 11.8. The van der Waals surface area contributed by atoms with E-state index in [4.69, 9.17) is 9.47 Å². The molecule has 0 spiro atoms. The fraction of sp³-hybridized carbons (Fsp3) is 0.333. The van der Waals surface area contributed by atoms with Crippen molar-refractivity contribution in [3.63, 3.8) is 0 Å². The Hall–Kier alpha value is -4.40. The SMILES string of the molecule is COc1cccc(C(C(=O)NCCC(C)C)N(C(=O)Cn2nnc3ccccc32)c2ccccc2C)c1OC. The second-order valence-corrected chi connectivity index (χ2v) is 9.74. The first-order valence-electron chi connectivity index (χ1n) is 13.0. The van der Waals surface area contributed by atoms with Gasteiger partial charge in [-0.3, -0.25) is 14.5 Å². The molecule has 1 atom stereocenters. The quantitative estimate of drug-likeness (QED) is 0.303. The van der Waals surface area contributed by atoms with Crippen molar-refractivity contribution in [1.29, 1.82) is 0 Å². The van der Waals surface area contributed by atoms with Crippen LogP contribution in [0.3, 0.4) is 0 Å². The van der Waals surface area contributed by atoms with Gasteiger partial charge in [0, 0.05) is 17.8 Å². The molecule has 0 aliphatic rings. The van der Waals surface area contributed by atoms with Crippen molar-refractivity contribution in [2.45, 2.75) is 39.8 Å². The minimum atomic E-state index is -1.04. The molecule has 0 bridgehead atoms. The van der Waals surface area contributed by atoms with E-state index in [2.05, 4.69) is 29.5 Å². The summed E-state index contributed by atoms with van der Waals surface area (Å²) in [5.41, 5.74) is 3.38. The lowest BCUT2D eigenvalue weighted by Gasteiger charge is -2.33. The van der Waals surface area contributed by atoms with Crippen LogP contribution in [0.1, 0.15) is 37.4 Å². The predicted molar refractivity (Wildman–Crippen MR) is 151 cm³/mol. The minimum absolute atomic E-state index is 0.114. The number of amides is 2. The number of rotatable bonds is 11. The van der Waals surface area contributed by atoms with E-state index >= 15 is 0 Å². The molecule has 2 amide bonds. The Labute approximate surface area is 228 Å². The van der Waals surface area contributed by atoms with Gasteiger partial charge in [0.2, 0.25) is 11.8 Å². The Morgan fingerprint density at radius 3 is 2.44 bits per heavy atom. The molecule has 1 aromatic heterocycles. The smallest absolute Gasteiger partial charge is 0.249 e. The number of ether oxygens (including phenoxy) is 2. The van der Waals surface area contributed by atoms with Crippen molar-refractivity contribution in [1.82, 2.24) is 20.3 Å². The highest BCUT2D eigenvalue weighted by atomic mass is 16.5. The van der Waals surface area contributed by atoms with Crippen molar-refractivity contribution in [3.05, 3.63) is 77.9 Å². The average molecular weight is 530 g/mol. The highest BCUT2D eigenvalue weighted by Crippen LogP contribution is 2.39. The zero-order chi connectivity index (χ0) is 27.9. The van der Waals surface area contributed by atoms with E-state index in [9.17, 15) is 9.59 Å². The molecule has 0 aliphatic carbocycles. The molecule has 1 N–H and O–H groups in total. The van der Waals surface area contributed by atoms with Crippen LogP contribution in [0.5, 0.6) is 11.5 Å². The lowest BCUT2D eigenvalue weighted by molar-refractivity contribution is -0.127. The van der Waals surface area contributed by atoms with Crippen molar-refractivity contribution in [2.75, 3.05) is 25.7 Å². The Kier molecular flexibility index (Phi) is 8.81. The number of aryl methyl sites for hydroxylation is 1. The summed E-state index contributed by atoms with van der Waals surface area (Å²) in [4.78, 5) is 29.8. The lowest BCUT2D eigenvalue weighted by Crippen LogP contribution is -2.46. The zero-order valence-corrected chi connectivity index (χ0v) is 23.0. The molecule has 1 unspecified atom stereocenters. The fourth-order valence-electron chi connectivity index (χ4n) is 4.60. The van der Waals surface area contributed by atoms with Gasteiger partial charge in [0.05, 0.1) is 19.7 Å². The zero-order valence-electron chi connectivity index (χ0n) is 23.0. The first-order valence-corrected chi connectivity index (χ1v) is 13.0. The van der Waals surface area contributed by atoms with E-state index in [1.165, 1.54) is 12.0 Å². The van der Waals surface area contributed by atoms with Gasteiger partial charge in [0.1, 0.15) is 18.1 Å². The first-order chi connectivity index (χ1) is 18.8. The van der Waals surface area contributed by atoms with Crippen LogP contribution in [-0.4, -0.2) is 47.6 Å². The lowest BCUT2D eigenvalue weighted by atomic mass is 9.99. The average Bonchev–Trinajstić information content (AvgIpc) is 3.34. The van der Waals surface area contributed by atoms with E-state index in [1.54, 1.807) is 30.0 Å². The van der Waals surface area contributed by atoms with E-state index in [1.807, 2.05) is 55.5 Å². The van der Waals surface area contributed by atoms with Crippen molar-refractivity contribution >= 4 is 28.5 Å². The third-order valence-electron chi connectivity index (χ3n) is 6.60. The molecule has 4 rings (SSSR count). The Morgan fingerprint density at radius 1 is 0.974 bits per heavy atom. The molecule has 4 aromatic rings. The first kappa shape index (κ1) is 27.6. The summed E-state index contributed by atoms with van der Waals surface area (Å²) in [6, 6.07) is 19.3. The monoisotopic (exact) mass is 529 g/mol. The number of carbonyl (C=O) groups is 2. The second-order valence-electron chi connectivity index (χ2n) is 9.74. The molecule has 0 saturated heterocycles. The second kappa shape index (κ2) is 12.4. The fourth-order valence-corrected chi connectivity index (χ4v) is 4.60. The maximum Gasteiger partial charge on any atom is 0.249 e. The van der Waals surface area contributed by atoms with E-state index in [-0.39, 0.29) is 18.4 Å². The Bertz CT molecular complexity index is 1450. The maximum atomic E-state index is 14.2. The molecule has 39 heavy (non-hydrogen) atoms. The van der Waals surface area contributed by atoms with Gasteiger partial charge < -0.3 is 14.8 Å². The Balaban J connectivity index is 1.86. The van der Waals surface area contributed by atoms with Gasteiger partial charge in [-0.05, 0) is 49.1 Å². The minimum Gasteiger partial charge on any atom is -0.493 e. The summed E-state index contributed by atoms with van der Waals surface area (Å²) in [5.74, 6) is 0.622. The summed E-state index contributed by atoms with van der Waals surface area (Å²) in [7, 11) is 3.07. The highest BCUT2D eigenvalue weighted by molar-refractivity contribution is 6.02. The summed E-state index contributed by atoms with van der Waals surface area (Å²) < 4.78 is 12.8. The number of fused-ring (bicyclic) bond motifs is 1. The van der Waals surface area contributed by atoms with Crippen LogP contribution in [0.2, 0.25) is 0 Å². The van der Waals surface area contributed by atoms with Gasteiger partial charge in [-0.15, -0.1) is 5.10 Å². The van der Waals surface area contributed by atoms with Crippen molar-refractivity contribution < 1.29 is 19.1 Å². The van der Waals surface area contributed by atoms with Crippen LogP contribution in [0, 0.1) is 12.8 Å². The van der Waals surface area contributed by atoms with Crippen LogP contribution < -0.4 is 19.7 Å². The Morgan fingerprint density at radius 2 is 1.72 bits per heavy atom. The molecule has 0 aliphatic heterocycles. The number of methoxy groups -OCH3 is 2. The van der Waals surface area contributed by atoms with E-state index in [0.29, 0.717) is 40.7 Å². The van der Waals surface area contributed by atoms with Gasteiger partial charge in [-0.2, -0.15) is 0 Å². The van der Waals surface area contributed by atoms with Crippen LogP contribution in [0.15, 0.2) is 66.7 Å². The van der Waals surface area contributed by atoms with Gasteiger partial charge in [-0.1, -0.05) is 61.5 Å². The number of para-hydroxylation sites is 3. The number of hydrogen-bond acceptors (Lipinski definition) is 6. The highest BCUT2D eigenvalue weighted by Gasteiger charge is 2.36. The molecular weight excluding hydrogens is 494 g/mol. The summed E-state index contributed by atoms with van der Waals surface area (Å²) >= 11 is 0. The number of nitrogens with one attached hydrogen (secondary N) is 1. The van der Waals surface area contributed by atoms with Crippen LogP contribution in [-0.2, 0) is 16.1 Å². The van der Waals surface area contributed by atoms with Gasteiger partial charge in [0.25, 0.3) is 0 Å². The number of nitrogens with zero attached hydrogens (tertiary/aromatic N) is 4. The third-order valence-corrected chi connectivity index (χ3v) is 6.60. The summed E-state index contributed by atoms with van der Waals surface area (Å²) in [6.07, 6.45) is 0.803. The largest absolute Gasteiger partial charge is 0.493 e. The number of carbonyl (C=O) groups excluding carboxylic acids is 2. The molecule has 9 nitrogen and oxygen atoms in total. The molecule has 0 radical (unpaired) electrons. The standard InChI is InChI=1S/C30H35N5O4/c1-20(2)17-18-31-30(37)28(22-12-10-16-26(38-4)29(22)39-5)35(24-14-8-6-11-21(24)3)27(36)19-34-25-15-9-7-13-23(25)32-33-34/h6-16,20,28H,17-19H2,1-5H3,(H,31,37). The van der Waals surface area contributed by atoms with E-state index < -0.39 is 6.04 Å². The molecule has 9 heteroatoms. The number of hydrogen-bond donors (Lipinski definition) is 1. The molecule has 0 saturated carbocycles. The number of benzene rings is 3. The molecule has 3 aromatic carbocycles. The van der Waals surface area contributed by atoms with Gasteiger partial charge in [-0.25, -0.2) is 4.68 Å². The van der Waals surface area contributed by atoms with Crippen molar-refractivity contribution in [3.8, 4) is 11.5 Å². The maximum absolute atomic E-state index is 14.2. The van der Waals surface area contributed by atoms with Crippen molar-refractivity contribution in [2.24, 2.45) is 5.92 Å². The van der Waals surface area contributed by atoms with Crippen LogP contribution >= 0.6 is 0 Å². The predicted octanol–water partition coefficient (Wildman–Crippen LogP) is 4.69. The van der Waals surface area contributed by atoms with Gasteiger partial charge >= 0.3 is 0 Å². The van der Waals surface area contributed by atoms with Gasteiger partial charge in [0.15, 0.2) is 11.5 Å². The molecule has 0 fully saturated rings. The summed E-state index contributed by atoms with van der Waals surface area (Å²) in [5, 5.41) is 11.5. The molecule has 1 heterocycles.